The normalized spacial score (nSPS) is 56.6. The van der Waals surface area contributed by atoms with E-state index >= 15 is 0 Å². The van der Waals surface area contributed by atoms with E-state index in [1.807, 2.05) is 0 Å². The molecule has 0 bridgehead atoms. The highest BCUT2D eigenvalue weighted by Gasteiger charge is 2.66. The standard InChI is InChI=1S/C8H14/c1-5-4-6-7(5)8(6,2)3/h5-7H,4H2,1-3H3. The molecule has 0 aromatic carbocycles. The second-order valence-electron chi connectivity index (χ2n) is 4.17. The lowest BCUT2D eigenvalue weighted by atomic mass is 9.87. The highest BCUT2D eigenvalue weighted by atomic mass is 14.7. The molecule has 0 N–H and O–H groups in total. The van der Waals surface area contributed by atoms with Crippen molar-refractivity contribution in [1.82, 2.24) is 0 Å². The molecule has 0 aromatic rings. The minimum Gasteiger partial charge on any atom is -0.0622 e. The van der Waals surface area contributed by atoms with E-state index in [0.717, 1.165) is 23.2 Å². The van der Waals surface area contributed by atoms with Crippen molar-refractivity contribution in [3.63, 3.8) is 0 Å². The molecule has 0 saturated heterocycles. The van der Waals surface area contributed by atoms with Crippen LogP contribution in [0, 0.1) is 23.2 Å². The summed E-state index contributed by atoms with van der Waals surface area (Å²) in [5.41, 5.74) is 0.749. The SMILES string of the molecule is CC1CC2C1C2(C)C. The van der Waals surface area contributed by atoms with Gasteiger partial charge in [0.1, 0.15) is 0 Å². The summed E-state index contributed by atoms with van der Waals surface area (Å²) >= 11 is 0. The van der Waals surface area contributed by atoms with E-state index in [4.69, 9.17) is 0 Å². The summed E-state index contributed by atoms with van der Waals surface area (Å²) in [6, 6.07) is 0. The van der Waals surface area contributed by atoms with Gasteiger partial charge >= 0.3 is 0 Å². The van der Waals surface area contributed by atoms with E-state index in [1.54, 1.807) is 0 Å². The van der Waals surface area contributed by atoms with Crippen molar-refractivity contribution < 1.29 is 0 Å². The average molecular weight is 110 g/mol. The molecule has 2 aliphatic rings. The first kappa shape index (κ1) is 4.84. The molecular weight excluding hydrogens is 96.1 g/mol. The summed E-state index contributed by atoms with van der Waals surface area (Å²) < 4.78 is 0. The summed E-state index contributed by atoms with van der Waals surface area (Å²) in [7, 11) is 0. The third-order valence-corrected chi connectivity index (χ3v) is 3.38. The lowest BCUT2D eigenvalue weighted by Gasteiger charge is -2.18. The first-order chi connectivity index (χ1) is 3.64. The summed E-state index contributed by atoms with van der Waals surface area (Å²) in [5.74, 6) is 3.29. The smallest absolute Gasteiger partial charge is 0.0289 e. The molecule has 46 valence electrons. The Bertz CT molecular complexity index is 124. The molecule has 3 atom stereocenters. The van der Waals surface area contributed by atoms with Gasteiger partial charge in [0.15, 0.2) is 0 Å². The minimum absolute atomic E-state index is 0.749. The van der Waals surface area contributed by atoms with Crippen LogP contribution in [0.25, 0.3) is 0 Å². The van der Waals surface area contributed by atoms with E-state index < -0.39 is 0 Å². The van der Waals surface area contributed by atoms with Gasteiger partial charge in [0, 0.05) is 0 Å². The van der Waals surface area contributed by atoms with Crippen LogP contribution in [0.1, 0.15) is 27.2 Å². The monoisotopic (exact) mass is 110 g/mol. The Morgan fingerprint density at radius 3 is 2.00 bits per heavy atom. The van der Waals surface area contributed by atoms with E-state index in [-0.39, 0.29) is 0 Å². The van der Waals surface area contributed by atoms with Crippen molar-refractivity contribution in [3.8, 4) is 0 Å². The molecule has 0 aromatic heterocycles. The van der Waals surface area contributed by atoms with Crippen LogP contribution >= 0.6 is 0 Å². The van der Waals surface area contributed by atoms with E-state index in [9.17, 15) is 0 Å². The topological polar surface area (TPSA) is 0 Å². The van der Waals surface area contributed by atoms with Crippen molar-refractivity contribution in [2.75, 3.05) is 0 Å². The van der Waals surface area contributed by atoms with Crippen LogP contribution in [0.4, 0.5) is 0 Å². The van der Waals surface area contributed by atoms with Gasteiger partial charge in [0.2, 0.25) is 0 Å². The molecule has 3 unspecified atom stereocenters. The summed E-state index contributed by atoms with van der Waals surface area (Å²) in [5, 5.41) is 0. The maximum absolute atomic E-state index is 2.41. The highest BCUT2D eigenvalue weighted by Crippen LogP contribution is 2.72. The summed E-state index contributed by atoms with van der Waals surface area (Å²) in [6.45, 7) is 7.20. The van der Waals surface area contributed by atoms with E-state index in [0.29, 0.717) is 0 Å². The molecule has 0 radical (unpaired) electrons. The van der Waals surface area contributed by atoms with Gasteiger partial charge in [-0.25, -0.2) is 0 Å². The van der Waals surface area contributed by atoms with E-state index in [2.05, 4.69) is 20.8 Å². The predicted octanol–water partition coefficient (Wildman–Crippen LogP) is 2.30. The zero-order chi connectivity index (χ0) is 5.94. The Hall–Kier alpha value is 0. The van der Waals surface area contributed by atoms with Gasteiger partial charge in [-0.15, -0.1) is 0 Å². The molecule has 0 aliphatic heterocycles. The largest absolute Gasteiger partial charge is 0.0622 e. The molecule has 0 amide bonds. The predicted molar refractivity (Wildman–Crippen MR) is 34.5 cm³/mol. The second-order valence-corrected chi connectivity index (χ2v) is 4.17. The Morgan fingerprint density at radius 1 is 1.38 bits per heavy atom. The average Bonchev–Trinajstić information content (AvgIpc) is 1.99. The van der Waals surface area contributed by atoms with E-state index in [1.165, 1.54) is 6.42 Å². The molecule has 0 heteroatoms. The van der Waals surface area contributed by atoms with Crippen molar-refractivity contribution in [1.29, 1.82) is 0 Å². The van der Waals surface area contributed by atoms with Crippen LogP contribution in [-0.2, 0) is 0 Å². The van der Waals surface area contributed by atoms with Gasteiger partial charge in [0.25, 0.3) is 0 Å². The van der Waals surface area contributed by atoms with Gasteiger partial charge in [0.05, 0.1) is 0 Å². The fourth-order valence-corrected chi connectivity index (χ4v) is 2.72. The fraction of sp³-hybridized carbons (Fsp3) is 1.00. The first-order valence-electron chi connectivity index (χ1n) is 3.64. The van der Waals surface area contributed by atoms with Crippen LogP contribution in [0.3, 0.4) is 0 Å². The quantitative estimate of drug-likeness (QED) is 0.449. The zero-order valence-corrected chi connectivity index (χ0v) is 5.94. The maximum Gasteiger partial charge on any atom is -0.0289 e. The van der Waals surface area contributed by atoms with Crippen LogP contribution in [0.5, 0.6) is 0 Å². The second kappa shape index (κ2) is 0.984. The Kier molecular flexibility index (Phi) is 0.595. The molecule has 2 fully saturated rings. The van der Waals surface area contributed by atoms with Gasteiger partial charge < -0.3 is 0 Å². The molecule has 0 spiro atoms. The summed E-state index contributed by atoms with van der Waals surface area (Å²) in [6.07, 6.45) is 1.51. The van der Waals surface area contributed by atoms with Crippen LogP contribution < -0.4 is 0 Å². The van der Waals surface area contributed by atoms with Crippen molar-refractivity contribution in [3.05, 3.63) is 0 Å². The van der Waals surface area contributed by atoms with Crippen molar-refractivity contribution in [2.45, 2.75) is 27.2 Å². The Morgan fingerprint density at radius 2 is 2.00 bits per heavy atom. The Balaban J connectivity index is 2.13. The number of fused-ring (bicyclic) bond motifs is 1. The number of rotatable bonds is 0. The third-order valence-electron chi connectivity index (χ3n) is 3.38. The number of hydrogen-bond donors (Lipinski definition) is 0. The van der Waals surface area contributed by atoms with Crippen LogP contribution in [-0.4, -0.2) is 0 Å². The lowest BCUT2D eigenvalue weighted by molar-refractivity contribution is 0.316. The van der Waals surface area contributed by atoms with Gasteiger partial charge in [-0.05, 0) is 29.6 Å². The molecule has 2 rings (SSSR count). The molecule has 8 heavy (non-hydrogen) atoms. The van der Waals surface area contributed by atoms with Crippen LogP contribution in [0.2, 0.25) is 0 Å². The third kappa shape index (κ3) is 0.310. The van der Waals surface area contributed by atoms with Gasteiger partial charge in [-0.1, -0.05) is 20.8 Å². The van der Waals surface area contributed by atoms with Crippen molar-refractivity contribution >= 4 is 0 Å². The Labute approximate surface area is 51.3 Å². The summed E-state index contributed by atoms with van der Waals surface area (Å²) in [4.78, 5) is 0. The molecule has 0 nitrogen and oxygen atoms in total. The lowest BCUT2D eigenvalue weighted by Crippen LogP contribution is -2.10. The molecule has 2 aliphatic carbocycles. The zero-order valence-electron chi connectivity index (χ0n) is 5.94. The minimum atomic E-state index is 0.749. The molecule has 0 heterocycles. The van der Waals surface area contributed by atoms with Gasteiger partial charge in [-0.2, -0.15) is 0 Å². The molecule has 2 saturated carbocycles. The van der Waals surface area contributed by atoms with Gasteiger partial charge in [-0.3, -0.25) is 0 Å². The molecular formula is C8H14. The van der Waals surface area contributed by atoms with Crippen molar-refractivity contribution in [2.24, 2.45) is 23.2 Å². The first-order valence-corrected chi connectivity index (χ1v) is 3.64. The fourth-order valence-electron chi connectivity index (χ4n) is 2.72. The highest BCUT2D eigenvalue weighted by molar-refractivity contribution is 5.14. The van der Waals surface area contributed by atoms with Crippen LogP contribution in [0.15, 0.2) is 0 Å². The number of hydrogen-bond acceptors (Lipinski definition) is 0. The maximum atomic E-state index is 2.41.